The standard InChI is InChI=1S/C20H21ClN4OS/c1-14-17(21)6-4-7-18(14)25-19(15-8-10-22-11-9-15)23-24-20(25)27-13-16-5-2-3-12-26-16/h4,6-11,16H,2-3,5,12-13H2,1H3/t16-/m0/s1. The largest absolute Gasteiger partial charge is 0.377 e. The van der Waals surface area contributed by atoms with Crippen molar-refractivity contribution < 1.29 is 4.74 Å². The highest BCUT2D eigenvalue weighted by molar-refractivity contribution is 7.99. The van der Waals surface area contributed by atoms with Gasteiger partial charge < -0.3 is 4.74 Å². The second kappa shape index (κ2) is 8.42. The summed E-state index contributed by atoms with van der Waals surface area (Å²) in [6, 6.07) is 9.80. The van der Waals surface area contributed by atoms with Crippen LogP contribution in [-0.2, 0) is 4.74 Å². The van der Waals surface area contributed by atoms with Crippen LogP contribution in [0.2, 0.25) is 5.02 Å². The van der Waals surface area contributed by atoms with Crippen molar-refractivity contribution in [2.24, 2.45) is 0 Å². The Kier molecular flexibility index (Phi) is 5.76. The number of thioether (sulfide) groups is 1. The molecule has 5 nitrogen and oxygen atoms in total. The molecule has 0 N–H and O–H groups in total. The lowest BCUT2D eigenvalue weighted by atomic mass is 10.1. The van der Waals surface area contributed by atoms with Gasteiger partial charge in [-0.1, -0.05) is 29.4 Å². The van der Waals surface area contributed by atoms with Crippen molar-refractivity contribution in [2.45, 2.75) is 37.4 Å². The summed E-state index contributed by atoms with van der Waals surface area (Å²) in [5.41, 5.74) is 2.97. The predicted octanol–water partition coefficient (Wildman–Crippen LogP) is 4.95. The summed E-state index contributed by atoms with van der Waals surface area (Å²) >= 11 is 8.07. The van der Waals surface area contributed by atoms with Gasteiger partial charge in [-0.15, -0.1) is 10.2 Å². The minimum absolute atomic E-state index is 0.277. The van der Waals surface area contributed by atoms with E-state index in [1.165, 1.54) is 6.42 Å². The molecule has 1 fully saturated rings. The van der Waals surface area contributed by atoms with E-state index in [2.05, 4.69) is 25.8 Å². The number of nitrogens with zero attached hydrogens (tertiary/aromatic N) is 4. The highest BCUT2D eigenvalue weighted by Gasteiger charge is 2.21. The Morgan fingerprint density at radius 1 is 1.19 bits per heavy atom. The van der Waals surface area contributed by atoms with Gasteiger partial charge in [0, 0.05) is 35.3 Å². The molecular weight excluding hydrogens is 380 g/mol. The molecule has 0 spiro atoms. The fraction of sp³-hybridized carbons (Fsp3) is 0.350. The van der Waals surface area contributed by atoms with Crippen LogP contribution in [0.4, 0.5) is 0 Å². The van der Waals surface area contributed by atoms with Crippen molar-refractivity contribution in [3.05, 3.63) is 53.3 Å². The van der Waals surface area contributed by atoms with Gasteiger partial charge in [0.2, 0.25) is 0 Å². The molecule has 1 aromatic carbocycles. The molecule has 140 valence electrons. The van der Waals surface area contributed by atoms with E-state index < -0.39 is 0 Å². The van der Waals surface area contributed by atoms with Crippen molar-refractivity contribution in [3.63, 3.8) is 0 Å². The van der Waals surface area contributed by atoms with E-state index in [1.807, 2.05) is 31.2 Å². The monoisotopic (exact) mass is 400 g/mol. The molecule has 4 rings (SSSR count). The molecule has 7 heteroatoms. The van der Waals surface area contributed by atoms with Crippen LogP contribution in [0.25, 0.3) is 17.1 Å². The van der Waals surface area contributed by atoms with Crippen LogP contribution in [0.3, 0.4) is 0 Å². The van der Waals surface area contributed by atoms with Gasteiger partial charge in [0.1, 0.15) is 0 Å². The maximum atomic E-state index is 6.39. The lowest BCUT2D eigenvalue weighted by Gasteiger charge is -2.22. The average molecular weight is 401 g/mol. The number of benzene rings is 1. The Morgan fingerprint density at radius 3 is 2.81 bits per heavy atom. The van der Waals surface area contributed by atoms with Crippen LogP contribution in [0, 0.1) is 6.92 Å². The first-order valence-corrected chi connectivity index (χ1v) is 10.5. The van der Waals surface area contributed by atoms with Crippen molar-refractivity contribution in [2.75, 3.05) is 12.4 Å². The number of ether oxygens (including phenoxy) is 1. The third-order valence-corrected chi connectivity index (χ3v) is 6.19. The minimum atomic E-state index is 0.277. The number of hydrogen-bond donors (Lipinski definition) is 0. The number of rotatable bonds is 5. The summed E-state index contributed by atoms with van der Waals surface area (Å²) in [6.07, 6.45) is 7.30. The van der Waals surface area contributed by atoms with Crippen LogP contribution >= 0.6 is 23.4 Å². The molecule has 2 aromatic heterocycles. The predicted molar refractivity (Wildman–Crippen MR) is 109 cm³/mol. The topological polar surface area (TPSA) is 52.8 Å². The lowest BCUT2D eigenvalue weighted by molar-refractivity contribution is 0.0315. The minimum Gasteiger partial charge on any atom is -0.377 e. The Hall–Kier alpha value is -1.89. The van der Waals surface area contributed by atoms with E-state index in [0.29, 0.717) is 0 Å². The van der Waals surface area contributed by atoms with Crippen LogP contribution in [0.5, 0.6) is 0 Å². The number of hydrogen-bond acceptors (Lipinski definition) is 5. The molecule has 3 aromatic rings. The molecule has 0 saturated carbocycles. The summed E-state index contributed by atoms with van der Waals surface area (Å²) in [7, 11) is 0. The summed E-state index contributed by atoms with van der Waals surface area (Å²) in [4.78, 5) is 4.11. The highest BCUT2D eigenvalue weighted by atomic mass is 35.5. The van der Waals surface area contributed by atoms with Gasteiger partial charge >= 0.3 is 0 Å². The molecule has 1 aliphatic rings. The third kappa shape index (κ3) is 4.03. The van der Waals surface area contributed by atoms with Crippen LogP contribution in [-0.4, -0.2) is 38.2 Å². The molecule has 1 aliphatic heterocycles. The van der Waals surface area contributed by atoms with Gasteiger partial charge in [-0.05, 0) is 56.0 Å². The van der Waals surface area contributed by atoms with Gasteiger partial charge in [0.15, 0.2) is 11.0 Å². The van der Waals surface area contributed by atoms with E-state index in [9.17, 15) is 0 Å². The van der Waals surface area contributed by atoms with Gasteiger partial charge in [-0.25, -0.2) is 0 Å². The second-order valence-electron chi connectivity index (χ2n) is 6.56. The average Bonchev–Trinajstić information content (AvgIpc) is 3.14. The van der Waals surface area contributed by atoms with E-state index in [0.717, 1.165) is 58.0 Å². The van der Waals surface area contributed by atoms with Crippen LogP contribution < -0.4 is 0 Å². The maximum Gasteiger partial charge on any atom is 0.196 e. The third-order valence-electron chi connectivity index (χ3n) is 4.72. The normalized spacial score (nSPS) is 17.2. The smallest absolute Gasteiger partial charge is 0.196 e. The zero-order valence-electron chi connectivity index (χ0n) is 15.1. The van der Waals surface area contributed by atoms with E-state index in [4.69, 9.17) is 16.3 Å². The quantitative estimate of drug-likeness (QED) is 0.567. The first-order chi connectivity index (χ1) is 13.2. The Bertz CT molecular complexity index is 910. The zero-order valence-corrected chi connectivity index (χ0v) is 16.7. The first kappa shape index (κ1) is 18.5. The van der Waals surface area contributed by atoms with Crippen molar-refractivity contribution in [1.82, 2.24) is 19.7 Å². The summed E-state index contributed by atoms with van der Waals surface area (Å²) in [5.74, 6) is 1.66. The van der Waals surface area contributed by atoms with Crippen LogP contribution in [0.1, 0.15) is 24.8 Å². The summed E-state index contributed by atoms with van der Waals surface area (Å²) < 4.78 is 7.96. The fourth-order valence-corrected chi connectivity index (χ4v) is 4.39. The van der Waals surface area contributed by atoms with Crippen LogP contribution in [0.15, 0.2) is 47.9 Å². The lowest BCUT2D eigenvalue weighted by Crippen LogP contribution is -2.21. The Morgan fingerprint density at radius 2 is 2.04 bits per heavy atom. The molecule has 27 heavy (non-hydrogen) atoms. The van der Waals surface area contributed by atoms with E-state index in [1.54, 1.807) is 24.2 Å². The van der Waals surface area contributed by atoms with Gasteiger partial charge in [-0.2, -0.15) is 0 Å². The maximum absolute atomic E-state index is 6.39. The molecule has 0 radical (unpaired) electrons. The summed E-state index contributed by atoms with van der Waals surface area (Å²) in [6.45, 7) is 2.88. The second-order valence-corrected chi connectivity index (χ2v) is 7.96. The number of aromatic nitrogens is 4. The van der Waals surface area contributed by atoms with Crippen molar-refractivity contribution >= 4 is 23.4 Å². The molecule has 0 amide bonds. The van der Waals surface area contributed by atoms with Crippen molar-refractivity contribution in [1.29, 1.82) is 0 Å². The Labute approximate surface area is 168 Å². The Balaban J connectivity index is 1.73. The van der Waals surface area contributed by atoms with Gasteiger partial charge in [0.05, 0.1) is 11.8 Å². The molecule has 1 saturated heterocycles. The molecule has 0 aliphatic carbocycles. The first-order valence-electron chi connectivity index (χ1n) is 9.10. The fourth-order valence-electron chi connectivity index (χ4n) is 3.21. The molecule has 0 unspecified atom stereocenters. The highest BCUT2D eigenvalue weighted by Crippen LogP contribution is 2.32. The molecule has 3 heterocycles. The summed E-state index contributed by atoms with van der Waals surface area (Å²) in [5, 5.41) is 10.5. The van der Waals surface area contributed by atoms with Gasteiger partial charge in [-0.3, -0.25) is 9.55 Å². The van der Waals surface area contributed by atoms with Gasteiger partial charge in [0.25, 0.3) is 0 Å². The molecule has 0 bridgehead atoms. The SMILES string of the molecule is Cc1c(Cl)cccc1-n1c(SC[C@@H]2CCCCO2)nnc1-c1ccncc1. The molecular formula is C20H21ClN4OS. The zero-order chi connectivity index (χ0) is 18.6. The number of pyridine rings is 1. The number of halogens is 1. The van der Waals surface area contributed by atoms with E-state index >= 15 is 0 Å². The van der Waals surface area contributed by atoms with E-state index in [-0.39, 0.29) is 6.10 Å². The molecule has 1 atom stereocenters. The van der Waals surface area contributed by atoms with Crippen molar-refractivity contribution in [3.8, 4) is 17.1 Å².